The van der Waals surface area contributed by atoms with Gasteiger partial charge in [-0.1, -0.05) is 0 Å². The second-order valence-electron chi connectivity index (χ2n) is 7.51. The Balaban J connectivity index is 7.17. The van der Waals surface area contributed by atoms with Crippen LogP contribution in [0.2, 0.25) is 0 Å². The van der Waals surface area contributed by atoms with Crippen LogP contribution in [0.1, 0.15) is 0 Å². The Hall–Kier alpha value is -1.93. The van der Waals surface area contributed by atoms with Gasteiger partial charge < -0.3 is 0 Å². The normalized spacial score (nSPS) is 17.1. The summed E-state index contributed by atoms with van der Waals surface area (Å²) in [6.45, 7) is 0.841. The van der Waals surface area contributed by atoms with Crippen molar-refractivity contribution >= 4 is 0 Å². The minimum absolute atomic E-state index is 0.841. The number of hydrogen-bond acceptors (Lipinski definition) is 1. The predicted octanol–water partition coefficient (Wildman–Crippen LogP) is 8.94. The molecule has 1 radical (unpaired) electrons. The number of alkyl halides is 27. The lowest BCUT2D eigenvalue weighted by Gasteiger charge is -2.44. The molecule has 0 rings (SSSR count). The fourth-order valence-electron chi connectivity index (χ4n) is 2.05. The number of rotatable bonds is 12. The van der Waals surface area contributed by atoms with Crippen LogP contribution in [-0.4, -0.2) is 77.6 Å². The molecular weight excluding hydrogens is 697 g/mol. The summed E-state index contributed by atoms with van der Waals surface area (Å²) >= 11 is 0. The summed E-state index contributed by atoms with van der Waals surface area (Å²) in [5.74, 6) is -89.1. The molecule has 0 aliphatic carbocycles. The lowest BCUT2D eigenvalue weighted by Crippen LogP contribution is -2.77. The molecule has 0 heterocycles. The molecule has 0 saturated carbocycles. The van der Waals surface area contributed by atoms with Crippen LogP contribution < -0.4 is 0 Å². The van der Waals surface area contributed by atoms with Gasteiger partial charge in [0.15, 0.2) is 0 Å². The van der Waals surface area contributed by atoms with Gasteiger partial charge in [-0.15, -0.1) is 0 Å². The van der Waals surface area contributed by atoms with E-state index < -0.39 is 77.6 Å². The van der Waals surface area contributed by atoms with Crippen molar-refractivity contribution in [1.29, 1.82) is 0 Å². The molecule has 0 amide bonds. The van der Waals surface area contributed by atoms with Gasteiger partial charge in [-0.3, -0.25) is 0 Å². The van der Waals surface area contributed by atoms with Gasteiger partial charge in [0.2, 0.25) is 0 Å². The molecule has 253 valence electrons. The fourth-order valence-corrected chi connectivity index (χ4v) is 2.05. The summed E-state index contributed by atoms with van der Waals surface area (Å²) < 4.78 is 352. The van der Waals surface area contributed by atoms with Gasteiger partial charge >= 0.3 is 77.6 Å². The summed E-state index contributed by atoms with van der Waals surface area (Å²) in [5.41, 5.74) is 0. The molecule has 0 aliphatic heterocycles. The maximum absolute atomic E-state index is 13.5. The monoisotopic (exact) mass is 699 g/mol. The first-order chi connectivity index (χ1) is 17.5. The Morgan fingerprint density at radius 2 is 0.452 bits per heavy atom. The highest BCUT2D eigenvalue weighted by atomic mass is 19.4. The minimum atomic E-state index is -9.65. The highest BCUT2D eigenvalue weighted by Gasteiger charge is 2.98. The molecule has 0 saturated heterocycles. The van der Waals surface area contributed by atoms with Crippen molar-refractivity contribution in [3.8, 4) is 0 Å². The van der Waals surface area contributed by atoms with Crippen LogP contribution in [0.25, 0.3) is 0 Å². The quantitative estimate of drug-likeness (QED) is 0.185. The Kier molecular flexibility index (Phi) is 9.10. The SMILES string of the molecule is [CH2]C(F)(F)C(F)(F)C(F)(F)OC(F)(F)C(F)(F)C(F)(F)C(F)(F)C(F)(F)C(F)(F)C(F)(F)C(F)(F)C(F)(F)C(F)(F)F. The summed E-state index contributed by atoms with van der Waals surface area (Å²) in [6, 6.07) is 0. The Bertz CT molecular complexity index is 978. The minimum Gasteiger partial charge on any atom is -0.245 e. The van der Waals surface area contributed by atoms with Crippen molar-refractivity contribution in [2.75, 3.05) is 0 Å². The average molecular weight is 699 g/mol. The molecule has 0 fully saturated rings. The molecule has 1 nitrogen and oxygen atoms in total. The molecule has 0 unspecified atom stereocenters. The average Bonchev–Trinajstić information content (AvgIpc) is 2.69. The Labute approximate surface area is 209 Å². The second kappa shape index (κ2) is 9.53. The van der Waals surface area contributed by atoms with Crippen molar-refractivity contribution in [3.63, 3.8) is 0 Å². The van der Waals surface area contributed by atoms with Crippen molar-refractivity contribution in [2.45, 2.75) is 77.6 Å². The van der Waals surface area contributed by atoms with Crippen molar-refractivity contribution in [3.05, 3.63) is 6.92 Å². The van der Waals surface area contributed by atoms with E-state index in [1.807, 2.05) is 0 Å². The maximum atomic E-state index is 13.5. The van der Waals surface area contributed by atoms with Crippen molar-refractivity contribution in [2.24, 2.45) is 0 Å². The third kappa shape index (κ3) is 4.92. The van der Waals surface area contributed by atoms with Crippen LogP contribution in [0.15, 0.2) is 0 Å². The van der Waals surface area contributed by atoms with Crippen molar-refractivity contribution < 1.29 is 123 Å². The fraction of sp³-hybridized carbons (Fsp3) is 0.929. The first-order valence-electron chi connectivity index (χ1n) is 8.61. The number of ether oxygens (including phenoxy) is 1. The van der Waals surface area contributed by atoms with E-state index >= 15 is 0 Å². The smallest absolute Gasteiger partial charge is 0.245 e. The third-order valence-corrected chi connectivity index (χ3v) is 4.56. The van der Waals surface area contributed by atoms with Crippen LogP contribution >= 0.6 is 0 Å². The van der Waals surface area contributed by atoms with E-state index in [1.54, 1.807) is 0 Å². The highest BCUT2D eigenvalue weighted by Crippen LogP contribution is 2.66. The van der Waals surface area contributed by atoms with E-state index in [9.17, 15) is 119 Å². The molecule has 0 bridgehead atoms. The summed E-state index contributed by atoms with van der Waals surface area (Å²) in [4.78, 5) is 0. The molecular formula is C14H2F27O. The van der Waals surface area contributed by atoms with E-state index in [1.165, 1.54) is 0 Å². The second-order valence-corrected chi connectivity index (χ2v) is 7.51. The molecule has 0 N–H and O–H groups in total. The first-order valence-corrected chi connectivity index (χ1v) is 8.61. The molecule has 0 aromatic rings. The van der Waals surface area contributed by atoms with Crippen LogP contribution in [0.3, 0.4) is 0 Å². The molecule has 0 aromatic heterocycles. The van der Waals surface area contributed by atoms with Gasteiger partial charge in [-0.05, 0) is 0 Å². The molecule has 0 spiro atoms. The van der Waals surface area contributed by atoms with E-state index in [-0.39, 0.29) is 0 Å². The zero-order valence-electron chi connectivity index (χ0n) is 17.8. The van der Waals surface area contributed by atoms with Gasteiger partial charge in [0.1, 0.15) is 0 Å². The zero-order valence-corrected chi connectivity index (χ0v) is 17.8. The lowest BCUT2D eigenvalue weighted by molar-refractivity contribution is -0.518. The summed E-state index contributed by atoms with van der Waals surface area (Å²) in [6.07, 6.45) is -24.9. The number of hydrogen-bond donors (Lipinski definition) is 0. The molecule has 28 heteroatoms. The molecule has 0 atom stereocenters. The first kappa shape index (κ1) is 40.1. The van der Waals surface area contributed by atoms with E-state index in [0.717, 1.165) is 11.7 Å². The predicted molar refractivity (Wildman–Crippen MR) is 71.9 cm³/mol. The number of halogens is 27. The lowest BCUT2D eigenvalue weighted by atomic mass is 9.87. The standard InChI is InChI=1S/C14H2F27O/c1-2(15,16)3(17,18)13(38,39)42-14(40,41)11(33,34)9(29,30)7(25,26)5(21,22)4(19,20)6(23,24)8(27,28)10(31,32)12(35,36)37/h1H2. The highest BCUT2D eigenvalue weighted by molar-refractivity contribution is 5.17. The molecule has 42 heavy (non-hydrogen) atoms. The molecule has 0 aromatic carbocycles. The van der Waals surface area contributed by atoms with Crippen molar-refractivity contribution in [1.82, 2.24) is 0 Å². The van der Waals surface area contributed by atoms with E-state index in [0.29, 0.717) is 0 Å². The van der Waals surface area contributed by atoms with Crippen LogP contribution in [0.5, 0.6) is 0 Å². The zero-order chi connectivity index (χ0) is 35.2. The van der Waals surface area contributed by atoms with Gasteiger partial charge in [-0.25, -0.2) is 4.74 Å². The third-order valence-electron chi connectivity index (χ3n) is 4.56. The largest absolute Gasteiger partial charge is 0.460 e. The van der Waals surface area contributed by atoms with Gasteiger partial charge in [0.05, 0.1) is 0 Å². The van der Waals surface area contributed by atoms with Gasteiger partial charge in [-0.2, -0.15) is 119 Å². The van der Waals surface area contributed by atoms with E-state index in [4.69, 9.17) is 0 Å². The maximum Gasteiger partial charge on any atom is 0.460 e. The van der Waals surface area contributed by atoms with Crippen LogP contribution in [0, 0.1) is 6.92 Å². The topological polar surface area (TPSA) is 9.23 Å². The van der Waals surface area contributed by atoms with Crippen LogP contribution in [-0.2, 0) is 4.74 Å². The van der Waals surface area contributed by atoms with Gasteiger partial charge in [0.25, 0.3) is 0 Å². The van der Waals surface area contributed by atoms with E-state index in [2.05, 4.69) is 0 Å². The molecule has 0 aliphatic rings. The Morgan fingerprint density at radius 3 is 0.667 bits per heavy atom. The van der Waals surface area contributed by atoms with Crippen LogP contribution in [0.4, 0.5) is 119 Å². The summed E-state index contributed by atoms with van der Waals surface area (Å²) in [5, 5.41) is 0. The van der Waals surface area contributed by atoms with Gasteiger partial charge in [0, 0.05) is 6.92 Å². The summed E-state index contributed by atoms with van der Waals surface area (Å²) in [7, 11) is 0. The Morgan fingerprint density at radius 1 is 0.262 bits per heavy atom.